The average molecular weight is 313 g/mol. The number of aliphatic hydroxyl groups is 1. The molecule has 1 aliphatic heterocycles. The minimum atomic E-state index is -0.480. The fourth-order valence-corrected chi connectivity index (χ4v) is 2.87. The molecule has 0 aliphatic carbocycles. The summed E-state index contributed by atoms with van der Waals surface area (Å²) in [5.41, 5.74) is 3.43. The van der Waals surface area contributed by atoms with Gasteiger partial charge < -0.3 is 9.84 Å². The van der Waals surface area contributed by atoms with Crippen molar-refractivity contribution in [1.29, 1.82) is 0 Å². The number of aromatic nitrogens is 2. The van der Waals surface area contributed by atoms with Crippen LogP contribution in [0.4, 0.5) is 0 Å². The van der Waals surface area contributed by atoms with E-state index in [9.17, 15) is 5.11 Å². The van der Waals surface area contributed by atoms with E-state index in [1.54, 1.807) is 0 Å². The van der Waals surface area contributed by atoms with Gasteiger partial charge in [0.05, 0.1) is 19.3 Å². The zero-order valence-corrected chi connectivity index (χ0v) is 13.5. The Kier molecular flexibility index (Phi) is 5.33. The van der Waals surface area contributed by atoms with E-state index in [4.69, 9.17) is 4.74 Å². The summed E-state index contributed by atoms with van der Waals surface area (Å²) in [5, 5.41) is 10.2. The van der Waals surface area contributed by atoms with Gasteiger partial charge in [-0.3, -0.25) is 4.90 Å². The summed E-state index contributed by atoms with van der Waals surface area (Å²) >= 11 is 0. The molecule has 2 heterocycles. The van der Waals surface area contributed by atoms with Crippen molar-refractivity contribution in [3.8, 4) is 0 Å². The van der Waals surface area contributed by atoms with Gasteiger partial charge in [0, 0.05) is 43.5 Å². The van der Waals surface area contributed by atoms with E-state index < -0.39 is 6.10 Å². The average Bonchev–Trinajstić information content (AvgIpc) is 2.56. The molecule has 0 saturated carbocycles. The van der Waals surface area contributed by atoms with E-state index in [-0.39, 0.29) is 0 Å². The van der Waals surface area contributed by atoms with Gasteiger partial charge in [-0.15, -0.1) is 0 Å². The van der Waals surface area contributed by atoms with Crippen LogP contribution >= 0.6 is 0 Å². The third-order valence-corrected chi connectivity index (χ3v) is 4.02. The van der Waals surface area contributed by atoms with Gasteiger partial charge in [-0.25, -0.2) is 9.97 Å². The SMILES string of the molecule is Cc1ncc2c(n1)CCN(CC(O)COCc1ccccc1)C2. The highest BCUT2D eigenvalue weighted by Gasteiger charge is 2.20. The zero-order chi connectivity index (χ0) is 16.1. The van der Waals surface area contributed by atoms with E-state index in [0.29, 0.717) is 19.8 Å². The molecule has 3 rings (SSSR count). The largest absolute Gasteiger partial charge is 0.389 e. The number of rotatable bonds is 6. The molecule has 0 spiro atoms. The molecule has 1 aliphatic rings. The maximum absolute atomic E-state index is 10.2. The highest BCUT2D eigenvalue weighted by atomic mass is 16.5. The van der Waals surface area contributed by atoms with Gasteiger partial charge in [0.2, 0.25) is 0 Å². The molecule has 5 heteroatoms. The monoisotopic (exact) mass is 313 g/mol. The summed E-state index contributed by atoms with van der Waals surface area (Å²) in [5.74, 6) is 0.826. The molecule has 0 fully saturated rings. The van der Waals surface area contributed by atoms with Crippen LogP contribution in [0.15, 0.2) is 36.5 Å². The van der Waals surface area contributed by atoms with Gasteiger partial charge in [0.15, 0.2) is 0 Å². The Morgan fingerprint density at radius 1 is 1.30 bits per heavy atom. The number of benzene rings is 1. The van der Waals surface area contributed by atoms with Crippen LogP contribution in [0.25, 0.3) is 0 Å². The minimum Gasteiger partial charge on any atom is -0.389 e. The van der Waals surface area contributed by atoms with Crippen LogP contribution in [0.3, 0.4) is 0 Å². The Bertz CT molecular complexity index is 633. The smallest absolute Gasteiger partial charge is 0.125 e. The maximum Gasteiger partial charge on any atom is 0.125 e. The lowest BCUT2D eigenvalue weighted by molar-refractivity contribution is 0.00760. The van der Waals surface area contributed by atoms with E-state index in [1.165, 1.54) is 5.56 Å². The summed E-state index contributed by atoms with van der Waals surface area (Å²) in [6.45, 7) is 5.13. The Morgan fingerprint density at radius 2 is 2.13 bits per heavy atom. The molecule has 0 radical (unpaired) electrons. The predicted molar refractivity (Wildman–Crippen MR) is 87.9 cm³/mol. The topological polar surface area (TPSA) is 58.5 Å². The summed E-state index contributed by atoms with van der Waals surface area (Å²) in [4.78, 5) is 11.0. The number of hydrogen-bond donors (Lipinski definition) is 1. The summed E-state index contributed by atoms with van der Waals surface area (Å²) in [6, 6.07) is 10.0. The molecule has 122 valence electrons. The van der Waals surface area contributed by atoms with Crippen LogP contribution in [-0.2, 0) is 24.3 Å². The Hall–Kier alpha value is -1.82. The van der Waals surface area contributed by atoms with Gasteiger partial charge in [-0.1, -0.05) is 30.3 Å². The Labute approximate surface area is 137 Å². The van der Waals surface area contributed by atoms with Gasteiger partial charge in [0.1, 0.15) is 5.82 Å². The van der Waals surface area contributed by atoms with Gasteiger partial charge in [-0.05, 0) is 12.5 Å². The first-order chi connectivity index (χ1) is 11.2. The predicted octanol–water partition coefficient (Wildman–Crippen LogP) is 1.72. The van der Waals surface area contributed by atoms with Gasteiger partial charge in [0.25, 0.3) is 0 Å². The van der Waals surface area contributed by atoms with E-state index in [1.807, 2.05) is 43.5 Å². The maximum atomic E-state index is 10.2. The summed E-state index contributed by atoms with van der Waals surface area (Å²) in [7, 11) is 0. The molecule has 5 nitrogen and oxygen atoms in total. The molecule has 0 amide bonds. The molecule has 1 unspecified atom stereocenters. The summed E-state index contributed by atoms with van der Waals surface area (Å²) < 4.78 is 5.61. The normalized spacial score (nSPS) is 16.1. The second-order valence-corrected chi connectivity index (χ2v) is 6.03. The summed E-state index contributed by atoms with van der Waals surface area (Å²) in [6.07, 6.45) is 2.34. The minimum absolute atomic E-state index is 0.350. The van der Waals surface area contributed by atoms with Crippen LogP contribution in [0.5, 0.6) is 0 Å². The molecule has 2 aromatic rings. The number of fused-ring (bicyclic) bond motifs is 1. The molecule has 23 heavy (non-hydrogen) atoms. The van der Waals surface area contributed by atoms with Crippen molar-refractivity contribution in [2.24, 2.45) is 0 Å². The van der Waals surface area contributed by atoms with Crippen molar-refractivity contribution in [1.82, 2.24) is 14.9 Å². The van der Waals surface area contributed by atoms with Crippen LogP contribution in [0.1, 0.15) is 22.6 Å². The Morgan fingerprint density at radius 3 is 2.96 bits per heavy atom. The fraction of sp³-hybridized carbons (Fsp3) is 0.444. The lowest BCUT2D eigenvalue weighted by atomic mass is 10.1. The number of ether oxygens (including phenoxy) is 1. The third-order valence-electron chi connectivity index (χ3n) is 4.02. The number of hydrogen-bond acceptors (Lipinski definition) is 5. The standard InChI is InChI=1S/C18H23N3O2/c1-14-19-9-16-10-21(8-7-18(16)20-14)11-17(22)13-23-12-15-5-3-2-4-6-15/h2-6,9,17,22H,7-8,10-13H2,1H3. The van der Waals surface area contributed by atoms with Crippen molar-refractivity contribution < 1.29 is 9.84 Å². The second-order valence-electron chi connectivity index (χ2n) is 6.03. The highest BCUT2D eigenvalue weighted by molar-refractivity contribution is 5.20. The first-order valence-corrected chi connectivity index (χ1v) is 8.04. The lowest BCUT2D eigenvalue weighted by Crippen LogP contribution is -2.38. The zero-order valence-electron chi connectivity index (χ0n) is 13.5. The van der Waals surface area contributed by atoms with Gasteiger partial charge >= 0.3 is 0 Å². The quantitative estimate of drug-likeness (QED) is 0.880. The molecule has 1 atom stereocenters. The van der Waals surface area contributed by atoms with Crippen molar-refractivity contribution >= 4 is 0 Å². The van der Waals surface area contributed by atoms with Gasteiger partial charge in [-0.2, -0.15) is 0 Å². The lowest BCUT2D eigenvalue weighted by Gasteiger charge is -2.29. The van der Waals surface area contributed by atoms with Crippen molar-refractivity contribution in [2.75, 3.05) is 19.7 Å². The highest BCUT2D eigenvalue weighted by Crippen LogP contribution is 2.16. The molecule has 0 saturated heterocycles. The van der Waals surface area contributed by atoms with E-state index >= 15 is 0 Å². The van der Waals surface area contributed by atoms with Crippen molar-refractivity contribution in [3.63, 3.8) is 0 Å². The molecule has 0 bridgehead atoms. The molecular formula is C18H23N3O2. The fourth-order valence-electron chi connectivity index (χ4n) is 2.87. The van der Waals surface area contributed by atoms with Crippen LogP contribution < -0.4 is 0 Å². The first-order valence-electron chi connectivity index (χ1n) is 8.04. The molecule has 1 aromatic carbocycles. The van der Waals surface area contributed by atoms with Crippen LogP contribution in [0, 0.1) is 6.92 Å². The first kappa shape index (κ1) is 16.1. The Balaban J connectivity index is 1.43. The number of nitrogens with zero attached hydrogens (tertiary/aromatic N) is 3. The van der Waals surface area contributed by atoms with Crippen molar-refractivity contribution in [2.45, 2.75) is 32.6 Å². The van der Waals surface area contributed by atoms with Crippen LogP contribution in [0.2, 0.25) is 0 Å². The van der Waals surface area contributed by atoms with Crippen LogP contribution in [-0.4, -0.2) is 45.8 Å². The second kappa shape index (κ2) is 7.64. The van der Waals surface area contributed by atoms with Crippen molar-refractivity contribution in [3.05, 3.63) is 59.2 Å². The number of β-amino-alcohol motifs (C(OH)–C–C–N with tert-alkyl or cyclic N) is 1. The molecule has 1 N–H and O–H groups in total. The molecule has 1 aromatic heterocycles. The number of aliphatic hydroxyl groups excluding tert-OH is 1. The molecular weight excluding hydrogens is 290 g/mol. The van der Waals surface area contributed by atoms with E-state index in [0.717, 1.165) is 36.6 Å². The van der Waals surface area contributed by atoms with E-state index in [2.05, 4.69) is 14.9 Å². The third kappa shape index (κ3) is 4.58. The number of aryl methyl sites for hydroxylation is 1.